The lowest BCUT2D eigenvalue weighted by Crippen LogP contribution is -2.23. The van der Waals surface area contributed by atoms with Gasteiger partial charge in [0.15, 0.2) is 0 Å². The average Bonchev–Trinajstić information content (AvgIpc) is 3.08. The fraction of sp³-hybridized carbons (Fsp3) is 0.333. The van der Waals surface area contributed by atoms with Gasteiger partial charge in [0.25, 0.3) is 0 Å². The second-order valence-corrected chi connectivity index (χ2v) is 9.12. The van der Waals surface area contributed by atoms with Crippen LogP contribution in [0.4, 0.5) is 0 Å². The van der Waals surface area contributed by atoms with Gasteiger partial charge >= 0.3 is 0 Å². The van der Waals surface area contributed by atoms with E-state index in [1.165, 1.54) is 18.4 Å². The Morgan fingerprint density at radius 1 is 1.14 bits per heavy atom. The van der Waals surface area contributed by atoms with Gasteiger partial charge in [0.2, 0.25) is 15.9 Å². The second kappa shape index (κ2) is 8.75. The maximum atomic E-state index is 12.4. The minimum absolute atomic E-state index is 0.0422. The number of hydrogen-bond acceptors (Lipinski definition) is 4. The van der Waals surface area contributed by atoms with Crippen LogP contribution in [0.2, 0.25) is 0 Å². The van der Waals surface area contributed by atoms with Crippen LogP contribution >= 0.6 is 0 Å². The Morgan fingerprint density at radius 3 is 2.52 bits per heavy atom. The molecular formula is C21H26N4O3S. The van der Waals surface area contributed by atoms with E-state index < -0.39 is 10.0 Å². The van der Waals surface area contributed by atoms with E-state index in [0.29, 0.717) is 31.4 Å². The number of aromatic nitrogens is 2. The van der Waals surface area contributed by atoms with Crippen LogP contribution in [0, 0.1) is 0 Å². The van der Waals surface area contributed by atoms with Gasteiger partial charge in [-0.3, -0.25) is 4.79 Å². The van der Waals surface area contributed by atoms with Crippen LogP contribution in [0.3, 0.4) is 0 Å². The molecule has 1 heterocycles. The summed E-state index contributed by atoms with van der Waals surface area (Å²) < 4.78 is 28.0. The molecule has 0 saturated carbocycles. The molecule has 0 fully saturated rings. The SMILES string of the molecule is CCn1c(CCC(=O)NCc2ccccc2)nc2cc(S(=O)(=O)N(C)C)ccc21. The van der Waals surface area contributed by atoms with Crippen molar-refractivity contribution in [3.8, 4) is 0 Å². The van der Waals surface area contributed by atoms with Crippen LogP contribution < -0.4 is 5.32 Å². The number of carbonyl (C=O) groups is 1. The quantitative estimate of drug-likeness (QED) is 0.614. The average molecular weight is 415 g/mol. The zero-order chi connectivity index (χ0) is 21.0. The normalized spacial score (nSPS) is 11.9. The molecule has 154 valence electrons. The number of sulfonamides is 1. The van der Waals surface area contributed by atoms with Crippen molar-refractivity contribution in [1.29, 1.82) is 0 Å². The molecule has 0 saturated heterocycles. The third kappa shape index (κ3) is 4.65. The minimum atomic E-state index is -3.52. The largest absolute Gasteiger partial charge is 0.352 e. The van der Waals surface area contributed by atoms with E-state index in [-0.39, 0.29) is 10.8 Å². The summed E-state index contributed by atoms with van der Waals surface area (Å²) in [5, 5.41) is 2.92. The van der Waals surface area contributed by atoms with Gasteiger partial charge in [-0.1, -0.05) is 30.3 Å². The monoisotopic (exact) mass is 414 g/mol. The molecule has 29 heavy (non-hydrogen) atoms. The highest BCUT2D eigenvalue weighted by Gasteiger charge is 2.19. The maximum Gasteiger partial charge on any atom is 0.242 e. The van der Waals surface area contributed by atoms with Gasteiger partial charge in [0, 0.05) is 40.0 Å². The van der Waals surface area contributed by atoms with Gasteiger partial charge in [0.1, 0.15) is 5.82 Å². The summed E-state index contributed by atoms with van der Waals surface area (Å²) in [5.74, 6) is 0.733. The predicted molar refractivity (Wildman–Crippen MR) is 113 cm³/mol. The van der Waals surface area contributed by atoms with Crippen molar-refractivity contribution < 1.29 is 13.2 Å². The minimum Gasteiger partial charge on any atom is -0.352 e. The zero-order valence-corrected chi connectivity index (χ0v) is 17.7. The van der Waals surface area contributed by atoms with Crippen LogP contribution in [0.15, 0.2) is 53.4 Å². The number of imidazole rings is 1. The van der Waals surface area contributed by atoms with Crippen LogP contribution in [-0.2, 0) is 34.3 Å². The first-order valence-corrected chi connectivity index (χ1v) is 11.0. The van der Waals surface area contributed by atoms with E-state index in [0.717, 1.165) is 16.9 Å². The van der Waals surface area contributed by atoms with Crippen LogP contribution in [0.5, 0.6) is 0 Å². The topological polar surface area (TPSA) is 84.3 Å². The molecule has 0 atom stereocenters. The van der Waals surface area contributed by atoms with E-state index in [2.05, 4.69) is 10.3 Å². The van der Waals surface area contributed by atoms with Crippen molar-refractivity contribution in [1.82, 2.24) is 19.2 Å². The zero-order valence-electron chi connectivity index (χ0n) is 16.9. The number of aryl methyl sites for hydroxylation is 2. The summed E-state index contributed by atoms with van der Waals surface area (Å²) in [7, 11) is -0.511. The molecule has 0 spiro atoms. The Bertz CT molecular complexity index is 1110. The molecule has 3 aromatic rings. The van der Waals surface area contributed by atoms with Crippen molar-refractivity contribution in [3.05, 3.63) is 59.9 Å². The first-order chi connectivity index (χ1) is 13.8. The van der Waals surface area contributed by atoms with E-state index in [1.54, 1.807) is 18.2 Å². The highest BCUT2D eigenvalue weighted by Crippen LogP contribution is 2.22. The fourth-order valence-electron chi connectivity index (χ4n) is 3.18. The number of benzene rings is 2. The number of nitrogens with one attached hydrogen (secondary N) is 1. The number of amides is 1. The van der Waals surface area contributed by atoms with E-state index in [9.17, 15) is 13.2 Å². The molecule has 3 rings (SSSR count). The third-order valence-electron chi connectivity index (χ3n) is 4.80. The Kier molecular flexibility index (Phi) is 6.34. The van der Waals surface area contributed by atoms with Crippen LogP contribution in [0.25, 0.3) is 11.0 Å². The molecule has 0 aliphatic carbocycles. The molecule has 7 nitrogen and oxygen atoms in total. The Hall–Kier alpha value is -2.71. The molecule has 0 aliphatic heterocycles. The lowest BCUT2D eigenvalue weighted by molar-refractivity contribution is -0.121. The predicted octanol–water partition coefficient (Wildman–Crippen LogP) is 2.56. The van der Waals surface area contributed by atoms with Crippen molar-refractivity contribution in [2.75, 3.05) is 14.1 Å². The lowest BCUT2D eigenvalue weighted by Gasteiger charge is -2.11. The van der Waals surface area contributed by atoms with Gasteiger partial charge in [-0.25, -0.2) is 17.7 Å². The molecule has 0 aliphatic rings. The summed E-state index contributed by atoms with van der Waals surface area (Å²) in [5.41, 5.74) is 2.54. The van der Waals surface area contributed by atoms with E-state index in [1.807, 2.05) is 41.8 Å². The van der Waals surface area contributed by atoms with Crippen LogP contribution in [-0.4, -0.2) is 42.3 Å². The van der Waals surface area contributed by atoms with Gasteiger partial charge in [-0.05, 0) is 30.7 Å². The molecule has 1 N–H and O–H groups in total. The summed E-state index contributed by atoms with van der Waals surface area (Å²) in [6, 6.07) is 14.7. The molecular weight excluding hydrogens is 388 g/mol. The smallest absolute Gasteiger partial charge is 0.242 e. The number of fused-ring (bicyclic) bond motifs is 1. The standard InChI is InChI=1S/C21H26N4O3S/c1-4-25-19-11-10-17(29(27,28)24(2)3)14-18(19)23-20(25)12-13-21(26)22-15-16-8-6-5-7-9-16/h5-11,14H,4,12-13,15H2,1-3H3,(H,22,26). The van der Waals surface area contributed by atoms with E-state index in [4.69, 9.17) is 0 Å². The van der Waals surface area contributed by atoms with Gasteiger partial charge in [0.05, 0.1) is 15.9 Å². The molecule has 8 heteroatoms. The van der Waals surface area contributed by atoms with Gasteiger partial charge < -0.3 is 9.88 Å². The van der Waals surface area contributed by atoms with Crippen molar-refractivity contribution in [2.24, 2.45) is 0 Å². The Morgan fingerprint density at radius 2 is 1.86 bits per heavy atom. The summed E-state index contributed by atoms with van der Waals surface area (Å²) in [6.45, 7) is 3.19. The maximum absolute atomic E-state index is 12.4. The first kappa shape index (κ1) is 21.0. The highest BCUT2D eigenvalue weighted by molar-refractivity contribution is 7.89. The number of carbonyl (C=O) groups excluding carboxylic acids is 1. The molecule has 0 bridgehead atoms. The molecule has 1 aromatic heterocycles. The summed E-state index contributed by atoms with van der Waals surface area (Å²) in [6.07, 6.45) is 0.803. The molecule has 0 unspecified atom stereocenters. The molecule has 1 amide bonds. The van der Waals surface area contributed by atoms with Gasteiger partial charge in [-0.2, -0.15) is 0 Å². The molecule has 2 aromatic carbocycles. The highest BCUT2D eigenvalue weighted by atomic mass is 32.2. The van der Waals surface area contributed by atoms with Crippen molar-refractivity contribution in [2.45, 2.75) is 37.8 Å². The lowest BCUT2D eigenvalue weighted by atomic mass is 10.2. The number of rotatable bonds is 8. The van der Waals surface area contributed by atoms with Gasteiger partial charge in [-0.15, -0.1) is 0 Å². The van der Waals surface area contributed by atoms with Crippen LogP contribution in [0.1, 0.15) is 24.7 Å². The first-order valence-electron chi connectivity index (χ1n) is 9.55. The second-order valence-electron chi connectivity index (χ2n) is 6.97. The molecule has 0 radical (unpaired) electrons. The van der Waals surface area contributed by atoms with E-state index >= 15 is 0 Å². The van der Waals surface area contributed by atoms with Crippen molar-refractivity contribution >= 4 is 27.0 Å². The number of nitrogens with zero attached hydrogens (tertiary/aromatic N) is 3. The van der Waals surface area contributed by atoms with Crippen molar-refractivity contribution in [3.63, 3.8) is 0 Å². The fourth-order valence-corrected chi connectivity index (χ4v) is 4.11. The Labute approximate surface area is 171 Å². The number of hydrogen-bond donors (Lipinski definition) is 1. The summed E-state index contributed by atoms with van der Waals surface area (Å²) >= 11 is 0. The third-order valence-corrected chi connectivity index (χ3v) is 6.61. The Balaban J connectivity index is 1.74. The summed E-state index contributed by atoms with van der Waals surface area (Å²) in [4.78, 5) is 17.1.